The summed E-state index contributed by atoms with van der Waals surface area (Å²) in [4.78, 5) is 15.1. The molecule has 3 nitrogen and oxygen atoms in total. The first-order valence-electron chi connectivity index (χ1n) is 4.35. The number of hydrogen-bond donors (Lipinski definition) is 1. The van der Waals surface area contributed by atoms with E-state index in [1.807, 2.05) is 22.6 Å². The molecule has 1 heterocycles. The number of hydrogen-bond acceptors (Lipinski definition) is 2. The third-order valence-electron chi connectivity index (χ3n) is 1.64. The third kappa shape index (κ3) is 3.94. The average molecular weight is 320 g/mol. The van der Waals surface area contributed by atoms with Crippen LogP contribution in [0.4, 0.5) is 10.2 Å². The van der Waals surface area contributed by atoms with Crippen molar-refractivity contribution in [2.75, 3.05) is 5.32 Å². The summed E-state index contributed by atoms with van der Waals surface area (Å²) in [6.07, 6.45) is 3.72. The summed E-state index contributed by atoms with van der Waals surface area (Å²) >= 11 is 1.92. The molecule has 1 amide bonds. The number of nitrogens with one attached hydrogen (secondary N) is 1. The van der Waals surface area contributed by atoms with Gasteiger partial charge in [0.15, 0.2) is 0 Å². The zero-order valence-corrected chi connectivity index (χ0v) is 10.1. The standard InChI is InChI=1S/C10H10FIN2O/c1-2-3-4-9(15)14-10-8(12)5-7(11)6-13-10/h2,5-6H,1,3-4H2,(H,13,14,15). The molecule has 1 aromatic heterocycles. The van der Waals surface area contributed by atoms with Gasteiger partial charge in [0.05, 0.1) is 9.77 Å². The van der Waals surface area contributed by atoms with E-state index in [-0.39, 0.29) is 5.91 Å². The number of rotatable bonds is 4. The van der Waals surface area contributed by atoms with Crippen LogP contribution in [0.15, 0.2) is 24.9 Å². The van der Waals surface area contributed by atoms with Crippen LogP contribution in [-0.2, 0) is 4.79 Å². The summed E-state index contributed by atoms with van der Waals surface area (Å²) in [5, 5.41) is 2.60. The highest BCUT2D eigenvalue weighted by atomic mass is 127. The quantitative estimate of drug-likeness (QED) is 0.685. The van der Waals surface area contributed by atoms with Crippen molar-refractivity contribution in [3.63, 3.8) is 0 Å². The van der Waals surface area contributed by atoms with Gasteiger partial charge in [0.25, 0.3) is 0 Å². The number of halogens is 2. The minimum Gasteiger partial charge on any atom is -0.310 e. The van der Waals surface area contributed by atoms with Crippen molar-refractivity contribution in [3.8, 4) is 0 Å². The normalized spacial score (nSPS) is 9.73. The van der Waals surface area contributed by atoms with Crippen LogP contribution in [0.1, 0.15) is 12.8 Å². The zero-order valence-electron chi connectivity index (χ0n) is 7.96. The molecule has 0 bridgehead atoms. The molecule has 0 unspecified atom stereocenters. The second-order valence-corrected chi connectivity index (χ2v) is 4.02. The lowest BCUT2D eigenvalue weighted by atomic mass is 10.3. The third-order valence-corrected chi connectivity index (χ3v) is 2.46. The Morgan fingerprint density at radius 1 is 1.73 bits per heavy atom. The molecule has 0 aliphatic rings. The van der Waals surface area contributed by atoms with E-state index in [4.69, 9.17) is 0 Å². The summed E-state index contributed by atoms with van der Waals surface area (Å²) in [6.45, 7) is 3.52. The second kappa shape index (κ2) is 5.79. The number of carbonyl (C=O) groups is 1. The Bertz CT molecular complexity index is 382. The minimum absolute atomic E-state index is 0.146. The Morgan fingerprint density at radius 3 is 3.07 bits per heavy atom. The zero-order chi connectivity index (χ0) is 11.3. The first-order chi connectivity index (χ1) is 7.13. The molecule has 0 saturated heterocycles. The van der Waals surface area contributed by atoms with Gasteiger partial charge >= 0.3 is 0 Å². The predicted octanol–water partition coefficient (Wildman–Crippen LogP) is 2.73. The molecule has 0 fully saturated rings. The van der Waals surface area contributed by atoms with Gasteiger partial charge < -0.3 is 5.32 Å². The average Bonchev–Trinajstić information content (AvgIpc) is 2.19. The van der Waals surface area contributed by atoms with Gasteiger partial charge in [-0.05, 0) is 35.1 Å². The Kier molecular flexibility index (Phi) is 4.67. The highest BCUT2D eigenvalue weighted by Crippen LogP contribution is 2.16. The first-order valence-corrected chi connectivity index (χ1v) is 5.43. The molecular weight excluding hydrogens is 310 g/mol. The number of pyridine rings is 1. The number of nitrogens with zero attached hydrogens (tertiary/aromatic N) is 1. The topological polar surface area (TPSA) is 42.0 Å². The van der Waals surface area contributed by atoms with E-state index in [0.29, 0.717) is 22.2 Å². The maximum absolute atomic E-state index is 12.7. The van der Waals surface area contributed by atoms with Crippen LogP contribution in [0.25, 0.3) is 0 Å². The smallest absolute Gasteiger partial charge is 0.225 e. The largest absolute Gasteiger partial charge is 0.310 e. The molecule has 5 heteroatoms. The van der Waals surface area contributed by atoms with Crippen LogP contribution in [0.2, 0.25) is 0 Å². The van der Waals surface area contributed by atoms with Crippen molar-refractivity contribution < 1.29 is 9.18 Å². The molecule has 0 atom stereocenters. The van der Waals surface area contributed by atoms with E-state index in [1.165, 1.54) is 6.07 Å². The Hall–Kier alpha value is -0.980. The Morgan fingerprint density at radius 2 is 2.47 bits per heavy atom. The van der Waals surface area contributed by atoms with Gasteiger partial charge in [-0.2, -0.15) is 0 Å². The molecule has 80 valence electrons. The minimum atomic E-state index is -0.413. The summed E-state index contributed by atoms with van der Waals surface area (Å²) < 4.78 is 13.3. The van der Waals surface area contributed by atoms with Crippen LogP contribution in [-0.4, -0.2) is 10.9 Å². The van der Waals surface area contributed by atoms with E-state index in [0.717, 1.165) is 6.20 Å². The molecule has 0 spiro atoms. The highest BCUT2D eigenvalue weighted by Gasteiger charge is 2.06. The lowest BCUT2D eigenvalue weighted by Crippen LogP contribution is -2.13. The van der Waals surface area contributed by atoms with Gasteiger partial charge in [-0.3, -0.25) is 4.79 Å². The van der Waals surface area contributed by atoms with Crippen molar-refractivity contribution in [2.24, 2.45) is 0 Å². The molecule has 0 aliphatic carbocycles. The number of aromatic nitrogens is 1. The van der Waals surface area contributed by atoms with Crippen LogP contribution >= 0.6 is 22.6 Å². The molecule has 0 aromatic carbocycles. The maximum atomic E-state index is 12.7. The van der Waals surface area contributed by atoms with Crippen LogP contribution < -0.4 is 5.32 Å². The highest BCUT2D eigenvalue weighted by molar-refractivity contribution is 14.1. The molecule has 15 heavy (non-hydrogen) atoms. The maximum Gasteiger partial charge on any atom is 0.225 e. The fourth-order valence-corrected chi connectivity index (χ4v) is 1.51. The lowest BCUT2D eigenvalue weighted by molar-refractivity contribution is -0.116. The fourth-order valence-electron chi connectivity index (χ4n) is 0.934. The number of anilines is 1. The molecule has 1 N–H and O–H groups in total. The van der Waals surface area contributed by atoms with Crippen molar-refractivity contribution >= 4 is 34.3 Å². The van der Waals surface area contributed by atoms with Gasteiger partial charge in [0.1, 0.15) is 11.6 Å². The predicted molar refractivity (Wildman–Crippen MR) is 65.0 cm³/mol. The molecule has 0 saturated carbocycles. The lowest BCUT2D eigenvalue weighted by Gasteiger charge is -2.05. The molecule has 0 radical (unpaired) electrons. The van der Waals surface area contributed by atoms with E-state index in [2.05, 4.69) is 16.9 Å². The van der Waals surface area contributed by atoms with Crippen LogP contribution in [0, 0.1) is 9.39 Å². The van der Waals surface area contributed by atoms with E-state index in [1.54, 1.807) is 6.08 Å². The summed E-state index contributed by atoms with van der Waals surface area (Å²) in [6, 6.07) is 1.32. The van der Waals surface area contributed by atoms with Gasteiger partial charge in [-0.1, -0.05) is 6.08 Å². The van der Waals surface area contributed by atoms with Crippen molar-refractivity contribution in [1.29, 1.82) is 0 Å². The van der Waals surface area contributed by atoms with Crippen molar-refractivity contribution in [3.05, 3.63) is 34.3 Å². The molecule has 1 rings (SSSR count). The number of amides is 1. The summed E-state index contributed by atoms with van der Waals surface area (Å²) in [5.74, 6) is -0.165. The van der Waals surface area contributed by atoms with Gasteiger partial charge in [0.2, 0.25) is 5.91 Å². The summed E-state index contributed by atoms with van der Waals surface area (Å²) in [5.41, 5.74) is 0. The SMILES string of the molecule is C=CCCC(=O)Nc1ncc(F)cc1I. The van der Waals surface area contributed by atoms with Crippen molar-refractivity contribution in [1.82, 2.24) is 4.98 Å². The first kappa shape index (κ1) is 12.1. The van der Waals surface area contributed by atoms with Gasteiger partial charge in [0, 0.05) is 6.42 Å². The molecular formula is C10H10FIN2O. The van der Waals surface area contributed by atoms with Crippen LogP contribution in [0.5, 0.6) is 0 Å². The number of carbonyl (C=O) groups excluding carboxylic acids is 1. The Labute approximate surface area is 101 Å². The second-order valence-electron chi connectivity index (χ2n) is 2.86. The fraction of sp³-hybridized carbons (Fsp3) is 0.200. The van der Waals surface area contributed by atoms with E-state index in [9.17, 15) is 9.18 Å². The van der Waals surface area contributed by atoms with Crippen LogP contribution in [0.3, 0.4) is 0 Å². The number of allylic oxidation sites excluding steroid dienone is 1. The Balaban J connectivity index is 2.64. The van der Waals surface area contributed by atoms with E-state index < -0.39 is 5.82 Å². The molecule has 1 aromatic rings. The van der Waals surface area contributed by atoms with Crippen molar-refractivity contribution in [2.45, 2.75) is 12.8 Å². The van der Waals surface area contributed by atoms with E-state index >= 15 is 0 Å². The van der Waals surface area contributed by atoms with Gasteiger partial charge in [-0.25, -0.2) is 9.37 Å². The summed E-state index contributed by atoms with van der Waals surface area (Å²) in [7, 11) is 0. The molecule has 0 aliphatic heterocycles. The monoisotopic (exact) mass is 320 g/mol. The van der Waals surface area contributed by atoms with Gasteiger partial charge in [-0.15, -0.1) is 6.58 Å².